The van der Waals surface area contributed by atoms with E-state index < -0.39 is 16.1 Å². The Balaban J connectivity index is 1.74. The number of H-pyrrole nitrogens is 2. The molecule has 0 unspecified atom stereocenters. The van der Waals surface area contributed by atoms with Gasteiger partial charge in [-0.25, -0.2) is 9.97 Å². The van der Waals surface area contributed by atoms with Crippen LogP contribution in [0.1, 0.15) is 139 Å². The summed E-state index contributed by atoms with van der Waals surface area (Å²) in [6.45, 7) is 40.7. The summed E-state index contributed by atoms with van der Waals surface area (Å²) in [5.41, 5.74) is 24.0. The van der Waals surface area contributed by atoms with E-state index in [9.17, 15) is 0 Å². The predicted molar refractivity (Wildman–Crippen MR) is 298 cm³/mol. The van der Waals surface area contributed by atoms with Crippen LogP contribution < -0.4 is 9.47 Å². The quantitative estimate of drug-likeness (QED) is 0.136. The van der Waals surface area contributed by atoms with Crippen molar-refractivity contribution in [3.8, 4) is 56.7 Å². The molecule has 7 rings (SSSR count). The molecule has 8 heteroatoms. The van der Waals surface area contributed by atoms with Crippen molar-refractivity contribution >= 4 is 62.5 Å². The van der Waals surface area contributed by atoms with Crippen molar-refractivity contribution in [1.82, 2.24) is 19.9 Å². The molecular formula is C60H74N4O2Si2. The van der Waals surface area contributed by atoms with Crippen molar-refractivity contribution in [1.29, 1.82) is 0 Å². The topological polar surface area (TPSA) is 75.8 Å². The first kappa shape index (κ1) is 50.1. The number of aromatic amines is 2. The van der Waals surface area contributed by atoms with Gasteiger partial charge >= 0.3 is 0 Å². The van der Waals surface area contributed by atoms with Crippen LogP contribution in [0.15, 0.2) is 48.5 Å². The van der Waals surface area contributed by atoms with Crippen molar-refractivity contribution in [3.63, 3.8) is 0 Å². The summed E-state index contributed by atoms with van der Waals surface area (Å²) in [5, 5.41) is 0. The summed E-state index contributed by atoms with van der Waals surface area (Å²) in [5.74, 6) is 9.23. The minimum atomic E-state index is -1.83. The Bertz CT molecular complexity index is 2920. The van der Waals surface area contributed by atoms with Crippen molar-refractivity contribution in [3.05, 3.63) is 105 Å². The fourth-order valence-corrected chi connectivity index (χ4v) is 9.79. The lowest BCUT2D eigenvalue weighted by Gasteiger charge is -2.30. The molecule has 2 aromatic carbocycles. The van der Waals surface area contributed by atoms with E-state index in [1.54, 1.807) is 14.2 Å². The summed E-state index contributed by atoms with van der Waals surface area (Å²) in [4.78, 5) is 18.9. The van der Waals surface area contributed by atoms with Crippen LogP contribution in [0.3, 0.4) is 0 Å². The molecule has 0 spiro atoms. The summed E-state index contributed by atoms with van der Waals surface area (Å²) < 4.78 is 12.5. The SMILES string of the molecule is COc1c(C(C)(C)C)cc(-c2c3nc(c(C#C[Si](C)(C)C)c4ccc([nH]4)c(-c4cc(C(C)(C)C)c(OC)c(C(C)(C)C)c4)c4nc(c(C#C[Si](C)(C)C)c5ccc2[nH]5)C=C4)C=C3)cc1C(C)(C)C. The lowest BCUT2D eigenvalue weighted by Crippen LogP contribution is -2.19. The highest BCUT2D eigenvalue weighted by molar-refractivity contribution is 6.84. The van der Waals surface area contributed by atoms with E-state index in [4.69, 9.17) is 19.4 Å². The van der Waals surface area contributed by atoms with Crippen molar-refractivity contribution in [2.45, 2.75) is 144 Å². The highest BCUT2D eigenvalue weighted by Gasteiger charge is 2.31. The third-order valence-electron chi connectivity index (χ3n) is 12.3. The molecule has 0 amide bonds. The maximum absolute atomic E-state index is 6.26. The van der Waals surface area contributed by atoms with Gasteiger partial charge in [-0.1, -0.05) is 134 Å². The molecule has 0 saturated carbocycles. The summed E-state index contributed by atoms with van der Waals surface area (Å²) >= 11 is 0. The number of benzene rings is 2. The third kappa shape index (κ3) is 10.4. The largest absolute Gasteiger partial charge is 0.496 e. The van der Waals surface area contributed by atoms with Gasteiger partial charge < -0.3 is 19.4 Å². The monoisotopic (exact) mass is 939 g/mol. The average Bonchev–Trinajstić information content (AvgIpc) is 4.05. The highest BCUT2D eigenvalue weighted by atomic mass is 28.3. The maximum atomic E-state index is 6.26. The van der Waals surface area contributed by atoms with Crippen molar-refractivity contribution in [2.24, 2.45) is 0 Å². The molecule has 5 heterocycles. The lowest BCUT2D eigenvalue weighted by atomic mass is 9.77. The zero-order valence-electron chi connectivity index (χ0n) is 44.6. The Morgan fingerprint density at radius 1 is 0.426 bits per heavy atom. The molecule has 0 fully saturated rings. The first-order chi connectivity index (χ1) is 31.4. The molecule has 2 N–H and O–H groups in total. The first-order valence-corrected chi connectivity index (χ1v) is 31.1. The molecule has 3 aromatic heterocycles. The molecule has 0 atom stereocenters. The van der Waals surface area contributed by atoms with Gasteiger partial charge in [0, 0.05) is 44.4 Å². The Morgan fingerprint density at radius 3 is 0.971 bits per heavy atom. The van der Waals surface area contributed by atoms with Crippen molar-refractivity contribution < 1.29 is 9.47 Å². The van der Waals surface area contributed by atoms with Gasteiger partial charge in [-0.3, -0.25) is 0 Å². The van der Waals surface area contributed by atoms with Gasteiger partial charge in [0.15, 0.2) is 0 Å². The molecule has 8 bridgehead atoms. The molecule has 0 aliphatic carbocycles. The Kier molecular flexibility index (Phi) is 13.0. The van der Waals surface area contributed by atoms with Crippen LogP contribution in [0.25, 0.3) is 68.6 Å². The lowest BCUT2D eigenvalue weighted by molar-refractivity contribution is 0.381. The first-order valence-electron chi connectivity index (χ1n) is 24.1. The number of aromatic nitrogens is 4. The number of nitrogens with one attached hydrogen (secondary N) is 2. The standard InChI is InChI=1S/C60H74N4O2Si2/c1-57(2,3)41-33-37(34-42(55(41)65-13)58(4,5)6)53-49-25-21-45(61-49)39(29-31-67(15,16)17)47-23-27-51(63-47)54(38-35-43(59(7,8)9)56(66-14)44(36-38)60(10,11)12)52-28-24-48(64-52)40(30-32-68(18,19)20)46-22-26-50(53)62-46/h21-28,33-36,61,64H,1-20H3. The molecule has 354 valence electrons. The Morgan fingerprint density at radius 2 is 0.706 bits per heavy atom. The number of fused-ring (bicyclic) bond motifs is 8. The van der Waals surface area contributed by atoms with Gasteiger partial charge in [0.05, 0.1) is 59.2 Å². The Labute approximate surface area is 409 Å². The van der Waals surface area contributed by atoms with E-state index in [-0.39, 0.29) is 21.7 Å². The second-order valence-corrected chi connectivity index (χ2v) is 34.2. The van der Waals surface area contributed by atoms with Crippen LogP contribution in [0, 0.1) is 22.9 Å². The molecule has 6 nitrogen and oxygen atoms in total. The fraction of sp³-hybridized carbons (Fsp3) is 0.400. The van der Waals surface area contributed by atoms with E-state index in [0.29, 0.717) is 0 Å². The molecule has 2 aliphatic rings. The van der Waals surface area contributed by atoms with Crippen LogP contribution in [0.2, 0.25) is 39.3 Å². The zero-order valence-corrected chi connectivity index (χ0v) is 46.6. The van der Waals surface area contributed by atoms with Gasteiger partial charge in [0.2, 0.25) is 0 Å². The number of methoxy groups -OCH3 is 2. The number of hydrogen-bond acceptors (Lipinski definition) is 4. The minimum absolute atomic E-state index is 0.205. The molecule has 0 radical (unpaired) electrons. The van der Waals surface area contributed by atoms with Crippen LogP contribution in [0.5, 0.6) is 11.5 Å². The van der Waals surface area contributed by atoms with Gasteiger partial charge in [-0.15, -0.1) is 11.1 Å². The second kappa shape index (κ2) is 17.6. The summed E-state index contributed by atoms with van der Waals surface area (Å²) in [6, 6.07) is 17.9. The van der Waals surface area contributed by atoms with E-state index in [0.717, 1.165) is 112 Å². The minimum Gasteiger partial charge on any atom is -0.496 e. The van der Waals surface area contributed by atoms with Crippen molar-refractivity contribution in [2.75, 3.05) is 14.2 Å². The number of hydrogen-bond donors (Lipinski definition) is 2. The summed E-state index contributed by atoms with van der Waals surface area (Å²) in [6.07, 6.45) is 8.56. The zero-order chi connectivity index (χ0) is 50.1. The van der Waals surface area contributed by atoms with Gasteiger partial charge in [0.1, 0.15) is 27.6 Å². The molecule has 5 aromatic rings. The van der Waals surface area contributed by atoms with Crippen LogP contribution >= 0.6 is 0 Å². The maximum Gasteiger partial charge on any atom is 0.129 e. The molecular weight excluding hydrogens is 865 g/mol. The van der Waals surface area contributed by atoms with E-state index in [1.165, 1.54) is 0 Å². The predicted octanol–water partition coefficient (Wildman–Crippen LogP) is 15.7. The van der Waals surface area contributed by atoms with Gasteiger partial charge in [-0.2, -0.15) is 0 Å². The highest BCUT2D eigenvalue weighted by Crippen LogP contribution is 2.46. The molecule has 0 saturated heterocycles. The Hall–Kier alpha value is -5.81. The normalized spacial score (nSPS) is 13.2. The van der Waals surface area contributed by atoms with E-state index >= 15 is 0 Å². The fourth-order valence-electron chi connectivity index (χ4n) is 8.79. The number of rotatable bonds is 4. The van der Waals surface area contributed by atoms with Gasteiger partial charge in [-0.05, 0) is 106 Å². The van der Waals surface area contributed by atoms with Gasteiger partial charge in [0.25, 0.3) is 0 Å². The van der Waals surface area contributed by atoms with Crippen LogP contribution in [-0.4, -0.2) is 50.3 Å². The second-order valence-electron chi connectivity index (χ2n) is 24.7. The average molecular weight is 939 g/mol. The van der Waals surface area contributed by atoms with Crippen LogP contribution in [-0.2, 0) is 21.7 Å². The van der Waals surface area contributed by atoms with E-state index in [1.807, 2.05) is 0 Å². The molecule has 2 aliphatic heterocycles. The smallest absolute Gasteiger partial charge is 0.129 e. The summed E-state index contributed by atoms with van der Waals surface area (Å²) in [7, 11) is -0.0862. The van der Waals surface area contributed by atoms with E-state index in [2.05, 4.69) is 228 Å². The number of nitrogens with zero attached hydrogens (tertiary/aromatic N) is 2. The van der Waals surface area contributed by atoms with Crippen LogP contribution in [0.4, 0.5) is 0 Å². The number of ether oxygens (including phenoxy) is 2. The molecule has 68 heavy (non-hydrogen) atoms. The third-order valence-corrected chi connectivity index (χ3v) is 14.0.